The van der Waals surface area contributed by atoms with Crippen LogP contribution in [0.15, 0.2) is 54.6 Å². The third-order valence-corrected chi connectivity index (χ3v) is 4.64. The summed E-state index contributed by atoms with van der Waals surface area (Å²) in [5.41, 5.74) is 3.10. The highest BCUT2D eigenvalue weighted by molar-refractivity contribution is 5.94. The van der Waals surface area contributed by atoms with Crippen LogP contribution < -0.4 is 15.1 Å². The Morgan fingerprint density at radius 3 is 2.50 bits per heavy atom. The van der Waals surface area contributed by atoms with Gasteiger partial charge >= 0.3 is 0 Å². The van der Waals surface area contributed by atoms with Crippen LogP contribution in [0.1, 0.15) is 13.3 Å². The minimum Gasteiger partial charge on any atom is -0.378 e. The van der Waals surface area contributed by atoms with E-state index in [4.69, 9.17) is 4.74 Å². The van der Waals surface area contributed by atoms with Crippen molar-refractivity contribution in [2.45, 2.75) is 13.3 Å². The molecule has 2 aromatic rings. The minimum absolute atomic E-state index is 0.0418. The second kappa shape index (κ2) is 9.25. The summed E-state index contributed by atoms with van der Waals surface area (Å²) in [6, 6.07) is 18.2. The van der Waals surface area contributed by atoms with Crippen LogP contribution in [0.5, 0.6) is 0 Å². The molecule has 1 saturated heterocycles. The molecule has 0 unspecified atom stereocenters. The summed E-state index contributed by atoms with van der Waals surface area (Å²) in [4.78, 5) is 17.0. The van der Waals surface area contributed by atoms with E-state index in [0.29, 0.717) is 13.0 Å². The fraction of sp³-hybridized carbons (Fsp3) is 0.381. The summed E-state index contributed by atoms with van der Waals surface area (Å²) in [5, 5.41) is 3.09. The Hall–Kier alpha value is -2.53. The largest absolute Gasteiger partial charge is 0.378 e. The number of morpholine rings is 1. The molecule has 2 aromatic carbocycles. The molecule has 1 fully saturated rings. The average molecular weight is 353 g/mol. The number of nitrogens with one attached hydrogen (secondary N) is 1. The number of carbonyl (C=O) groups excluding carboxylic acids is 1. The van der Waals surface area contributed by atoms with Crippen molar-refractivity contribution >= 4 is 23.0 Å². The van der Waals surface area contributed by atoms with Gasteiger partial charge in [0.05, 0.1) is 24.6 Å². The van der Waals surface area contributed by atoms with Gasteiger partial charge < -0.3 is 19.9 Å². The average Bonchev–Trinajstić information content (AvgIpc) is 2.70. The van der Waals surface area contributed by atoms with Gasteiger partial charge in [0, 0.05) is 38.3 Å². The van der Waals surface area contributed by atoms with Gasteiger partial charge in [0.1, 0.15) is 0 Å². The van der Waals surface area contributed by atoms with Crippen LogP contribution in [0.4, 0.5) is 17.1 Å². The first-order chi connectivity index (χ1) is 12.8. The standard InChI is InChI=1S/C21H27N3O2/c1-2-23(18-8-4-3-5-9-18)13-12-21(25)22-19-10-6-7-11-20(19)24-14-16-26-17-15-24/h3-11H,2,12-17H2,1H3,(H,22,25). The second-order valence-corrected chi connectivity index (χ2v) is 6.33. The number of carbonyl (C=O) groups is 1. The van der Waals surface area contributed by atoms with E-state index in [1.54, 1.807) is 0 Å². The first-order valence-corrected chi connectivity index (χ1v) is 9.29. The number of hydrogen-bond acceptors (Lipinski definition) is 4. The Morgan fingerprint density at radius 1 is 1.08 bits per heavy atom. The van der Waals surface area contributed by atoms with Crippen LogP contribution in [0.2, 0.25) is 0 Å². The smallest absolute Gasteiger partial charge is 0.226 e. The van der Waals surface area contributed by atoms with Crippen molar-refractivity contribution in [3.8, 4) is 0 Å². The van der Waals surface area contributed by atoms with Crippen molar-refractivity contribution in [1.29, 1.82) is 0 Å². The number of amides is 1. The molecule has 0 spiro atoms. The maximum atomic E-state index is 12.5. The zero-order chi connectivity index (χ0) is 18.2. The summed E-state index contributed by atoms with van der Waals surface area (Å²) in [5.74, 6) is 0.0418. The number of ether oxygens (including phenoxy) is 1. The Balaban J connectivity index is 1.60. The summed E-state index contributed by atoms with van der Waals surface area (Å²) in [7, 11) is 0. The van der Waals surface area contributed by atoms with Crippen LogP contribution in [0, 0.1) is 0 Å². The van der Waals surface area contributed by atoms with Gasteiger partial charge in [-0.15, -0.1) is 0 Å². The monoisotopic (exact) mass is 353 g/mol. The fourth-order valence-corrected chi connectivity index (χ4v) is 3.22. The van der Waals surface area contributed by atoms with E-state index < -0.39 is 0 Å². The normalized spacial score (nSPS) is 14.1. The van der Waals surface area contributed by atoms with Crippen LogP contribution in [0.25, 0.3) is 0 Å². The number of para-hydroxylation sites is 3. The molecule has 0 atom stereocenters. The molecule has 1 N–H and O–H groups in total. The minimum atomic E-state index is 0.0418. The van der Waals surface area contributed by atoms with Crippen molar-refractivity contribution in [3.05, 3.63) is 54.6 Å². The molecule has 1 aliphatic heterocycles. The molecule has 3 rings (SSSR count). The molecule has 5 nitrogen and oxygen atoms in total. The lowest BCUT2D eigenvalue weighted by Gasteiger charge is -2.30. The molecule has 1 aliphatic rings. The first-order valence-electron chi connectivity index (χ1n) is 9.29. The van der Waals surface area contributed by atoms with Crippen LogP contribution in [-0.2, 0) is 9.53 Å². The summed E-state index contributed by atoms with van der Waals surface area (Å²) in [6.45, 7) is 6.84. The number of nitrogens with zero attached hydrogens (tertiary/aromatic N) is 2. The van der Waals surface area contributed by atoms with Crippen molar-refractivity contribution in [2.24, 2.45) is 0 Å². The third-order valence-electron chi connectivity index (χ3n) is 4.64. The first kappa shape index (κ1) is 18.3. The lowest BCUT2D eigenvalue weighted by Crippen LogP contribution is -2.36. The van der Waals surface area contributed by atoms with E-state index in [1.807, 2.05) is 36.4 Å². The predicted molar refractivity (Wildman–Crippen MR) is 107 cm³/mol. The molecule has 1 amide bonds. The van der Waals surface area contributed by atoms with Gasteiger partial charge in [-0.1, -0.05) is 30.3 Å². The predicted octanol–water partition coefficient (Wildman–Crippen LogP) is 3.38. The van der Waals surface area contributed by atoms with Gasteiger partial charge in [0.2, 0.25) is 5.91 Å². The number of anilines is 3. The molecule has 5 heteroatoms. The Labute approximate surface area is 155 Å². The summed E-state index contributed by atoms with van der Waals surface area (Å²) >= 11 is 0. The molecule has 1 heterocycles. The SMILES string of the molecule is CCN(CCC(=O)Nc1ccccc1N1CCOCC1)c1ccccc1. The highest BCUT2D eigenvalue weighted by atomic mass is 16.5. The van der Waals surface area contributed by atoms with Gasteiger partial charge in [-0.05, 0) is 31.2 Å². The van der Waals surface area contributed by atoms with Gasteiger partial charge in [-0.3, -0.25) is 4.79 Å². The fourth-order valence-electron chi connectivity index (χ4n) is 3.22. The highest BCUT2D eigenvalue weighted by Crippen LogP contribution is 2.26. The molecule has 0 radical (unpaired) electrons. The number of hydrogen-bond donors (Lipinski definition) is 1. The van der Waals surface area contributed by atoms with Gasteiger partial charge in [0.15, 0.2) is 0 Å². The van der Waals surface area contributed by atoms with Gasteiger partial charge in [-0.2, -0.15) is 0 Å². The van der Waals surface area contributed by atoms with E-state index in [2.05, 4.69) is 40.2 Å². The van der Waals surface area contributed by atoms with E-state index in [-0.39, 0.29) is 5.91 Å². The molecule has 26 heavy (non-hydrogen) atoms. The summed E-state index contributed by atoms with van der Waals surface area (Å²) in [6.07, 6.45) is 0.459. The molecule has 0 saturated carbocycles. The lowest BCUT2D eigenvalue weighted by molar-refractivity contribution is -0.116. The van der Waals surface area contributed by atoms with Crippen molar-refractivity contribution in [3.63, 3.8) is 0 Å². The molecule has 0 aliphatic carbocycles. The van der Waals surface area contributed by atoms with Crippen LogP contribution in [0.3, 0.4) is 0 Å². The van der Waals surface area contributed by atoms with Crippen molar-refractivity contribution in [2.75, 3.05) is 54.5 Å². The zero-order valence-corrected chi connectivity index (χ0v) is 15.4. The molecule has 0 aromatic heterocycles. The maximum absolute atomic E-state index is 12.5. The van der Waals surface area contributed by atoms with Crippen LogP contribution >= 0.6 is 0 Å². The summed E-state index contributed by atoms with van der Waals surface area (Å²) < 4.78 is 5.43. The van der Waals surface area contributed by atoms with E-state index in [1.165, 1.54) is 0 Å². The Morgan fingerprint density at radius 2 is 1.77 bits per heavy atom. The Bertz CT molecular complexity index is 699. The second-order valence-electron chi connectivity index (χ2n) is 6.33. The topological polar surface area (TPSA) is 44.8 Å². The van der Waals surface area contributed by atoms with Crippen molar-refractivity contribution < 1.29 is 9.53 Å². The highest BCUT2D eigenvalue weighted by Gasteiger charge is 2.16. The molecular weight excluding hydrogens is 326 g/mol. The maximum Gasteiger partial charge on any atom is 0.226 e. The molecule has 138 valence electrons. The van der Waals surface area contributed by atoms with Gasteiger partial charge in [-0.25, -0.2) is 0 Å². The molecular formula is C21H27N3O2. The van der Waals surface area contributed by atoms with E-state index in [0.717, 1.165) is 49.9 Å². The zero-order valence-electron chi connectivity index (χ0n) is 15.4. The van der Waals surface area contributed by atoms with Crippen LogP contribution in [-0.4, -0.2) is 45.3 Å². The molecule has 0 bridgehead atoms. The van der Waals surface area contributed by atoms with E-state index in [9.17, 15) is 4.79 Å². The lowest BCUT2D eigenvalue weighted by atomic mass is 10.2. The number of rotatable bonds is 7. The Kier molecular flexibility index (Phi) is 6.50. The third kappa shape index (κ3) is 4.76. The van der Waals surface area contributed by atoms with E-state index >= 15 is 0 Å². The number of benzene rings is 2. The van der Waals surface area contributed by atoms with Crippen molar-refractivity contribution in [1.82, 2.24) is 0 Å². The quantitative estimate of drug-likeness (QED) is 0.829. The van der Waals surface area contributed by atoms with Gasteiger partial charge in [0.25, 0.3) is 0 Å².